The summed E-state index contributed by atoms with van der Waals surface area (Å²) in [4.78, 5) is 11.0. The lowest BCUT2D eigenvalue weighted by Gasteiger charge is -2.29. The van der Waals surface area contributed by atoms with Gasteiger partial charge in [-0.05, 0) is 60.2 Å². The fraction of sp³-hybridized carbons (Fsp3) is 0.529. The lowest BCUT2D eigenvalue weighted by molar-refractivity contribution is 0.188. The smallest absolute Gasteiger partial charge is 0.115 e. The maximum absolute atomic E-state index is 4.17. The van der Waals surface area contributed by atoms with E-state index in [1.165, 1.54) is 43.5 Å². The number of thiophene rings is 1. The summed E-state index contributed by atoms with van der Waals surface area (Å²) in [7, 11) is 0. The molecule has 3 heterocycles. The SMILES string of the molecule is c1ncc(CN(Cc2ccsc2)[C@H]2CC23CCNCC3)cn1. The number of rotatable bonds is 5. The van der Waals surface area contributed by atoms with Crippen LogP contribution in [0.3, 0.4) is 0 Å². The molecule has 2 aromatic heterocycles. The summed E-state index contributed by atoms with van der Waals surface area (Å²) >= 11 is 1.79. The fourth-order valence-electron chi connectivity index (χ4n) is 3.84. The standard InChI is InChI=1S/C17H22N4S/c1-6-22-12-14(1)10-21(11-15-8-19-13-20-9-15)16-7-17(16)2-4-18-5-3-17/h1,6,8-9,12-13,16,18H,2-5,7,10-11H2/t16-/m0/s1. The van der Waals surface area contributed by atoms with Crippen molar-refractivity contribution in [2.75, 3.05) is 13.1 Å². The minimum absolute atomic E-state index is 0.566. The van der Waals surface area contributed by atoms with Crippen LogP contribution < -0.4 is 5.32 Å². The van der Waals surface area contributed by atoms with E-state index in [2.05, 4.69) is 37.0 Å². The highest BCUT2D eigenvalue weighted by Crippen LogP contribution is 2.56. The van der Waals surface area contributed by atoms with E-state index in [0.717, 1.165) is 19.1 Å². The van der Waals surface area contributed by atoms with Gasteiger partial charge in [-0.25, -0.2) is 9.97 Å². The van der Waals surface area contributed by atoms with Crippen molar-refractivity contribution in [3.05, 3.63) is 46.7 Å². The molecule has 2 fully saturated rings. The van der Waals surface area contributed by atoms with Crippen LogP contribution >= 0.6 is 11.3 Å². The summed E-state index contributed by atoms with van der Waals surface area (Å²) < 4.78 is 0. The number of piperidine rings is 1. The van der Waals surface area contributed by atoms with Gasteiger partial charge in [0.2, 0.25) is 0 Å². The predicted octanol–water partition coefficient (Wildman–Crippen LogP) is 2.68. The average Bonchev–Trinajstić information content (AvgIpc) is 2.99. The highest BCUT2D eigenvalue weighted by Gasteiger charge is 2.56. The van der Waals surface area contributed by atoms with Crippen molar-refractivity contribution in [3.63, 3.8) is 0 Å². The number of hydrogen-bond donors (Lipinski definition) is 1. The zero-order valence-corrected chi connectivity index (χ0v) is 13.6. The summed E-state index contributed by atoms with van der Waals surface area (Å²) in [5.41, 5.74) is 3.21. The molecule has 2 aliphatic rings. The molecule has 0 radical (unpaired) electrons. The molecule has 1 spiro atoms. The molecule has 4 rings (SSSR count). The van der Waals surface area contributed by atoms with Crippen LogP contribution in [0.25, 0.3) is 0 Å². The van der Waals surface area contributed by atoms with Gasteiger partial charge in [0, 0.05) is 37.1 Å². The van der Waals surface area contributed by atoms with Gasteiger partial charge in [-0.2, -0.15) is 11.3 Å². The lowest BCUT2D eigenvalue weighted by atomic mass is 9.93. The molecule has 0 bridgehead atoms. The predicted molar refractivity (Wildman–Crippen MR) is 88.5 cm³/mol. The zero-order valence-electron chi connectivity index (χ0n) is 12.7. The molecular weight excluding hydrogens is 292 g/mol. The molecule has 1 aliphatic carbocycles. The molecule has 116 valence electrons. The number of hydrogen-bond acceptors (Lipinski definition) is 5. The highest BCUT2D eigenvalue weighted by atomic mass is 32.1. The molecule has 1 aliphatic heterocycles. The van der Waals surface area contributed by atoms with Crippen LogP contribution in [0.1, 0.15) is 30.4 Å². The fourth-order valence-corrected chi connectivity index (χ4v) is 4.50. The summed E-state index contributed by atoms with van der Waals surface area (Å²) in [6.07, 6.45) is 9.51. The molecule has 0 aromatic carbocycles. The Kier molecular flexibility index (Phi) is 3.94. The quantitative estimate of drug-likeness (QED) is 0.921. The first-order valence-electron chi connectivity index (χ1n) is 8.05. The molecule has 1 saturated heterocycles. The van der Waals surface area contributed by atoms with E-state index in [9.17, 15) is 0 Å². The summed E-state index contributed by atoms with van der Waals surface area (Å²) in [6, 6.07) is 2.96. The number of aromatic nitrogens is 2. The number of nitrogens with one attached hydrogen (secondary N) is 1. The first kappa shape index (κ1) is 14.3. The van der Waals surface area contributed by atoms with E-state index >= 15 is 0 Å². The Morgan fingerprint density at radius 3 is 2.68 bits per heavy atom. The van der Waals surface area contributed by atoms with E-state index < -0.39 is 0 Å². The summed E-state index contributed by atoms with van der Waals surface area (Å²) in [5, 5.41) is 7.94. The molecule has 1 saturated carbocycles. The van der Waals surface area contributed by atoms with Gasteiger partial charge < -0.3 is 5.32 Å². The van der Waals surface area contributed by atoms with Gasteiger partial charge in [-0.3, -0.25) is 4.90 Å². The van der Waals surface area contributed by atoms with Crippen molar-refractivity contribution < 1.29 is 0 Å². The molecule has 4 nitrogen and oxygen atoms in total. The largest absolute Gasteiger partial charge is 0.317 e. The Bertz CT molecular complexity index is 592. The molecule has 0 unspecified atom stereocenters. The topological polar surface area (TPSA) is 41.1 Å². The first-order valence-corrected chi connectivity index (χ1v) is 9.00. The van der Waals surface area contributed by atoms with E-state index in [1.807, 2.05) is 12.4 Å². The third kappa shape index (κ3) is 2.93. The van der Waals surface area contributed by atoms with E-state index in [4.69, 9.17) is 0 Å². The van der Waals surface area contributed by atoms with Crippen LogP contribution in [0, 0.1) is 5.41 Å². The lowest BCUT2D eigenvalue weighted by Crippen LogP contribution is -2.35. The van der Waals surface area contributed by atoms with Crippen LogP contribution in [-0.4, -0.2) is 34.0 Å². The second kappa shape index (κ2) is 6.07. The second-order valence-corrected chi connectivity index (χ2v) is 7.40. The van der Waals surface area contributed by atoms with Crippen LogP contribution in [0.15, 0.2) is 35.5 Å². The molecule has 2 aromatic rings. The molecule has 1 atom stereocenters. The first-order chi connectivity index (χ1) is 10.9. The highest BCUT2D eigenvalue weighted by molar-refractivity contribution is 7.07. The number of nitrogens with zero attached hydrogens (tertiary/aromatic N) is 3. The minimum atomic E-state index is 0.566. The monoisotopic (exact) mass is 314 g/mol. The van der Waals surface area contributed by atoms with Gasteiger partial charge in [0.05, 0.1) is 0 Å². The Labute approximate surface area is 135 Å². The third-order valence-corrected chi connectivity index (χ3v) is 5.88. The molecule has 0 amide bonds. The maximum atomic E-state index is 4.17. The Balaban J connectivity index is 1.51. The van der Waals surface area contributed by atoms with Crippen LogP contribution in [-0.2, 0) is 13.1 Å². The normalized spacial score (nSPS) is 23.0. The minimum Gasteiger partial charge on any atom is -0.317 e. The van der Waals surface area contributed by atoms with Crippen molar-refractivity contribution in [3.8, 4) is 0 Å². The molecule has 5 heteroatoms. The van der Waals surface area contributed by atoms with Crippen LogP contribution in [0.4, 0.5) is 0 Å². The Hall–Kier alpha value is -1.30. The van der Waals surface area contributed by atoms with Gasteiger partial charge in [-0.15, -0.1) is 0 Å². The molecule has 1 N–H and O–H groups in total. The van der Waals surface area contributed by atoms with E-state index in [-0.39, 0.29) is 0 Å². The van der Waals surface area contributed by atoms with E-state index in [1.54, 1.807) is 17.7 Å². The second-order valence-electron chi connectivity index (χ2n) is 6.62. The van der Waals surface area contributed by atoms with Crippen molar-refractivity contribution in [2.45, 2.75) is 38.4 Å². The Morgan fingerprint density at radius 2 is 1.95 bits per heavy atom. The van der Waals surface area contributed by atoms with Crippen molar-refractivity contribution in [2.24, 2.45) is 5.41 Å². The van der Waals surface area contributed by atoms with Crippen molar-refractivity contribution in [1.29, 1.82) is 0 Å². The Morgan fingerprint density at radius 1 is 1.18 bits per heavy atom. The third-order valence-electron chi connectivity index (χ3n) is 5.15. The van der Waals surface area contributed by atoms with Gasteiger partial charge in [0.25, 0.3) is 0 Å². The summed E-state index contributed by atoms with van der Waals surface area (Å²) in [5.74, 6) is 0. The van der Waals surface area contributed by atoms with Gasteiger partial charge in [-0.1, -0.05) is 0 Å². The molecule has 22 heavy (non-hydrogen) atoms. The van der Waals surface area contributed by atoms with Gasteiger partial charge >= 0.3 is 0 Å². The van der Waals surface area contributed by atoms with Crippen LogP contribution in [0.5, 0.6) is 0 Å². The zero-order chi connectivity index (χ0) is 14.8. The van der Waals surface area contributed by atoms with E-state index in [0.29, 0.717) is 5.41 Å². The van der Waals surface area contributed by atoms with Crippen LogP contribution in [0.2, 0.25) is 0 Å². The van der Waals surface area contributed by atoms with Gasteiger partial charge in [0.15, 0.2) is 0 Å². The maximum Gasteiger partial charge on any atom is 0.115 e. The average molecular weight is 314 g/mol. The summed E-state index contributed by atoms with van der Waals surface area (Å²) in [6.45, 7) is 4.35. The van der Waals surface area contributed by atoms with Crippen molar-refractivity contribution >= 4 is 11.3 Å². The van der Waals surface area contributed by atoms with Gasteiger partial charge in [0.1, 0.15) is 6.33 Å². The van der Waals surface area contributed by atoms with Crippen molar-refractivity contribution in [1.82, 2.24) is 20.2 Å². The molecular formula is C17H22N4S.